The molecular formula is C20H19N7O2S. The minimum Gasteiger partial charge on any atom is -0.367 e. The molecule has 4 aromatic rings. The molecule has 10 heteroatoms. The third kappa shape index (κ3) is 3.30. The molecule has 0 aromatic carbocycles. The predicted octanol–water partition coefficient (Wildman–Crippen LogP) is 0.647. The first kappa shape index (κ1) is 18.4. The zero-order valence-corrected chi connectivity index (χ0v) is 17.0. The highest BCUT2D eigenvalue weighted by molar-refractivity contribution is 7.17. The molecule has 5 rings (SSSR count). The number of aromatic amines is 2. The van der Waals surface area contributed by atoms with Gasteiger partial charge in [-0.2, -0.15) is 9.61 Å². The van der Waals surface area contributed by atoms with Crippen LogP contribution in [0, 0.1) is 0 Å². The highest BCUT2D eigenvalue weighted by Gasteiger charge is 2.23. The van der Waals surface area contributed by atoms with E-state index in [1.165, 1.54) is 11.3 Å². The first-order chi connectivity index (χ1) is 14.5. The molecule has 1 aliphatic rings. The molecule has 0 atom stereocenters. The van der Waals surface area contributed by atoms with Crippen LogP contribution in [0.1, 0.15) is 28.1 Å². The number of carbonyl (C=O) groups is 1. The number of rotatable bonds is 5. The number of fused-ring (bicyclic) bond motifs is 1. The number of hydrogen-bond donors (Lipinski definition) is 4. The van der Waals surface area contributed by atoms with Gasteiger partial charge in [0.15, 0.2) is 5.65 Å². The van der Waals surface area contributed by atoms with E-state index in [0.29, 0.717) is 27.3 Å². The van der Waals surface area contributed by atoms with Crippen LogP contribution in [0.3, 0.4) is 0 Å². The van der Waals surface area contributed by atoms with Crippen LogP contribution >= 0.6 is 11.3 Å². The number of H-pyrrole nitrogens is 2. The summed E-state index contributed by atoms with van der Waals surface area (Å²) in [5.74, 6) is 0.714. The largest absolute Gasteiger partial charge is 0.367 e. The predicted molar refractivity (Wildman–Crippen MR) is 116 cm³/mol. The second-order valence-corrected chi connectivity index (χ2v) is 8.22. The Bertz CT molecular complexity index is 1440. The molecule has 0 saturated heterocycles. The molecule has 0 aliphatic heterocycles. The van der Waals surface area contributed by atoms with Gasteiger partial charge < -0.3 is 20.6 Å². The fourth-order valence-corrected chi connectivity index (χ4v) is 4.09. The maximum atomic E-state index is 12.0. The van der Waals surface area contributed by atoms with Crippen LogP contribution in [0.25, 0.3) is 28.9 Å². The lowest BCUT2D eigenvalue weighted by molar-refractivity contribution is 0.0967. The topological polar surface area (TPSA) is 120 Å². The van der Waals surface area contributed by atoms with Crippen LogP contribution in [0.4, 0.5) is 5.82 Å². The number of nitrogens with zero attached hydrogens (tertiary/aromatic N) is 3. The van der Waals surface area contributed by atoms with E-state index in [9.17, 15) is 9.59 Å². The van der Waals surface area contributed by atoms with Crippen molar-refractivity contribution >= 4 is 41.4 Å². The van der Waals surface area contributed by atoms with Crippen LogP contribution in [0.5, 0.6) is 0 Å². The Hall–Kier alpha value is -3.66. The SMILES string of the molecule is C=c1[nH]c(=O)[nH]/c1=C\c1cnn2c(NC3CC3)cc(-c3ccc(C(=O)NC)s3)nc12. The summed E-state index contributed by atoms with van der Waals surface area (Å²) in [4.78, 5) is 35.2. The van der Waals surface area contributed by atoms with Gasteiger partial charge in [0.1, 0.15) is 5.82 Å². The number of hydrogen-bond acceptors (Lipinski definition) is 6. The summed E-state index contributed by atoms with van der Waals surface area (Å²) in [6, 6.07) is 6.07. The first-order valence-electron chi connectivity index (χ1n) is 9.48. The molecule has 0 radical (unpaired) electrons. The number of anilines is 1. The van der Waals surface area contributed by atoms with Gasteiger partial charge in [-0.1, -0.05) is 6.58 Å². The third-order valence-electron chi connectivity index (χ3n) is 4.88. The lowest BCUT2D eigenvalue weighted by Crippen LogP contribution is -2.22. The van der Waals surface area contributed by atoms with Crippen LogP contribution in [-0.4, -0.2) is 43.6 Å². The maximum Gasteiger partial charge on any atom is 0.323 e. The Kier molecular flexibility index (Phi) is 4.28. The summed E-state index contributed by atoms with van der Waals surface area (Å²) in [5.41, 5.74) is 1.83. The van der Waals surface area contributed by atoms with E-state index in [0.717, 1.165) is 34.8 Å². The van der Waals surface area contributed by atoms with Crippen molar-refractivity contribution in [1.82, 2.24) is 29.9 Å². The average Bonchev–Trinajstić information content (AvgIpc) is 3.12. The molecule has 9 nitrogen and oxygen atoms in total. The Morgan fingerprint density at radius 2 is 2.20 bits per heavy atom. The molecule has 4 aromatic heterocycles. The molecular weight excluding hydrogens is 402 g/mol. The molecule has 30 heavy (non-hydrogen) atoms. The Morgan fingerprint density at radius 1 is 1.37 bits per heavy atom. The molecule has 1 amide bonds. The van der Waals surface area contributed by atoms with Gasteiger partial charge in [0, 0.05) is 24.7 Å². The lowest BCUT2D eigenvalue weighted by atomic mass is 10.2. The van der Waals surface area contributed by atoms with Gasteiger partial charge in [-0.15, -0.1) is 11.3 Å². The third-order valence-corrected chi connectivity index (χ3v) is 5.98. The zero-order valence-electron chi connectivity index (χ0n) is 16.2. The second kappa shape index (κ2) is 6.99. The molecule has 0 bridgehead atoms. The molecule has 0 spiro atoms. The number of carbonyl (C=O) groups excluding carboxylic acids is 1. The molecule has 1 fully saturated rings. The van der Waals surface area contributed by atoms with E-state index in [1.807, 2.05) is 12.1 Å². The standard InChI is InChI=1S/C20H19N7O2S/c1-10-13(26-20(29)23-10)7-11-9-22-27-17(24-12-3-4-12)8-14(25-18(11)27)15-5-6-16(30-15)19(28)21-2/h5-9,12,24H,1,3-4H2,2H3,(H,21,28)(H2,23,26,29)/b13-7-. The fraction of sp³-hybridized carbons (Fsp3) is 0.200. The summed E-state index contributed by atoms with van der Waals surface area (Å²) in [6.07, 6.45) is 5.74. The van der Waals surface area contributed by atoms with Crippen LogP contribution < -0.4 is 27.0 Å². The minimum absolute atomic E-state index is 0.124. The van der Waals surface area contributed by atoms with Crippen molar-refractivity contribution in [3.8, 4) is 10.6 Å². The number of imidazole rings is 1. The van der Waals surface area contributed by atoms with Crippen molar-refractivity contribution < 1.29 is 4.79 Å². The molecule has 1 saturated carbocycles. The Balaban J connectivity index is 1.68. The van der Waals surface area contributed by atoms with E-state index in [4.69, 9.17) is 4.98 Å². The summed E-state index contributed by atoms with van der Waals surface area (Å²) in [5, 5.41) is 11.7. The van der Waals surface area contributed by atoms with E-state index >= 15 is 0 Å². The summed E-state index contributed by atoms with van der Waals surface area (Å²) in [7, 11) is 1.61. The second-order valence-electron chi connectivity index (χ2n) is 7.14. The lowest BCUT2D eigenvalue weighted by Gasteiger charge is -2.09. The highest BCUT2D eigenvalue weighted by Crippen LogP contribution is 2.32. The van der Waals surface area contributed by atoms with Crippen molar-refractivity contribution in [3.05, 3.63) is 56.0 Å². The smallest absolute Gasteiger partial charge is 0.323 e. The van der Waals surface area contributed by atoms with Crippen molar-refractivity contribution in [2.45, 2.75) is 18.9 Å². The van der Waals surface area contributed by atoms with Crippen molar-refractivity contribution in [2.75, 3.05) is 12.4 Å². The molecule has 1 aliphatic carbocycles. The van der Waals surface area contributed by atoms with E-state index in [-0.39, 0.29) is 11.6 Å². The van der Waals surface area contributed by atoms with Gasteiger partial charge in [-0.25, -0.2) is 9.78 Å². The van der Waals surface area contributed by atoms with Gasteiger partial charge in [0.05, 0.1) is 32.3 Å². The first-order valence-corrected chi connectivity index (χ1v) is 10.3. The van der Waals surface area contributed by atoms with Crippen molar-refractivity contribution in [3.63, 3.8) is 0 Å². The van der Waals surface area contributed by atoms with Crippen molar-refractivity contribution in [2.24, 2.45) is 0 Å². The molecule has 0 unspecified atom stereocenters. The summed E-state index contributed by atoms with van der Waals surface area (Å²) in [6.45, 7) is 3.85. The van der Waals surface area contributed by atoms with Gasteiger partial charge in [0.2, 0.25) is 0 Å². The van der Waals surface area contributed by atoms with Gasteiger partial charge in [-0.3, -0.25) is 4.79 Å². The number of thiophene rings is 1. The quantitative estimate of drug-likeness (QED) is 0.377. The average molecular weight is 421 g/mol. The molecule has 152 valence electrons. The maximum absolute atomic E-state index is 12.0. The van der Waals surface area contributed by atoms with Crippen molar-refractivity contribution in [1.29, 1.82) is 0 Å². The van der Waals surface area contributed by atoms with Gasteiger partial charge in [0.25, 0.3) is 5.91 Å². The summed E-state index contributed by atoms with van der Waals surface area (Å²) >= 11 is 1.38. The highest BCUT2D eigenvalue weighted by atomic mass is 32.1. The van der Waals surface area contributed by atoms with Crippen LogP contribution in [0.15, 0.2) is 29.2 Å². The number of nitrogens with one attached hydrogen (secondary N) is 4. The summed E-state index contributed by atoms with van der Waals surface area (Å²) < 4.78 is 1.76. The Morgan fingerprint density at radius 3 is 2.90 bits per heavy atom. The number of aromatic nitrogens is 5. The van der Waals surface area contributed by atoms with Gasteiger partial charge in [-0.05, 0) is 31.1 Å². The normalized spacial score (nSPS) is 14.4. The molecule has 4 N–H and O–H groups in total. The minimum atomic E-state index is -0.312. The fourth-order valence-electron chi connectivity index (χ4n) is 3.18. The van der Waals surface area contributed by atoms with E-state index in [2.05, 4.69) is 32.3 Å². The number of amides is 1. The zero-order chi connectivity index (χ0) is 20.8. The van der Waals surface area contributed by atoms with E-state index in [1.54, 1.807) is 29.9 Å². The van der Waals surface area contributed by atoms with Crippen LogP contribution in [0.2, 0.25) is 0 Å². The monoisotopic (exact) mass is 421 g/mol. The van der Waals surface area contributed by atoms with Crippen LogP contribution in [-0.2, 0) is 0 Å². The van der Waals surface area contributed by atoms with E-state index < -0.39 is 0 Å². The van der Waals surface area contributed by atoms with Gasteiger partial charge >= 0.3 is 5.69 Å². The Labute approximate surface area is 174 Å². The molecule has 4 heterocycles.